The van der Waals surface area contributed by atoms with Gasteiger partial charge in [0.2, 0.25) is 5.91 Å². The van der Waals surface area contributed by atoms with E-state index in [0.717, 1.165) is 32.5 Å². The van der Waals surface area contributed by atoms with E-state index in [2.05, 4.69) is 46.1 Å². The van der Waals surface area contributed by atoms with Crippen LogP contribution in [-0.2, 0) is 4.79 Å². The second kappa shape index (κ2) is 8.72. The summed E-state index contributed by atoms with van der Waals surface area (Å²) < 4.78 is 0. The van der Waals surface area contributed by atoms with Gasteiger partial charge in [-0.2, -0.15) is 0 Å². The zero-order valence-corrected chi connectivity index (χ0v) is 16.6. The molecule has 27 heavy (non-hydrogen) atoms. The molecular weight excluding hydrogens is 336 g/mol. The lowest BCUT2D eigenvalue weighted by atomic mass is 9.81. The minimum absolute atomic E-state index is 0.259. The molecular formula is C22H34N4O. The molecule has 0 aromatic heterocycles. The summed E-state index contributed by atoms with van der Waals surface area (Å²) in [5.41, 5.74) is 8.36. The number of hydrazine groups is 1. The average molecular weight is 371 g/mol. The molecule has 3 aliphatic rings. The monoisotopic (exact) mass is 370 g/mol. The van der Waals surface area contributed by atoms with Crippen LogP contribution in [-0.4, -0.2) is 61.0 Å². The first kappa shape index (κ1) is 18.9. The Morgan fingerprint density at radius 1 is 1.07 bits per heavy atom. The van der Waals surface area contributed by atoms with Crippen LogP contribution in [0, 0.1) is 5.92 Å². The highest BCUT2D eigenvalue weighted by molar-refractivity contribution is 5.78. The Hall–Kier alpha value is -1.43. The molecule has 148 valence electrons. The summed E-state index contributed by atoms with van der Waals surface area (Å²) in [7, 11) is 1.97. The molecule has 1 saturated carbocycles. The molecule has 4 rings (SSSR count). The fourth-order valence-corrected chi connectivity index (χ4v) is 5.18. The Morgan fingerprint density at radius 2 is 1.81 bits per heavy atom. The topological polar surface area (TPSA) is 47.6 Å². The summed E-state index contributed by atoms with van der Waals surface area (Å²) in [6, 6.07) is 11.8. The van der Waals surface area contributed by atoms with Gasteiger partial charge >= 0.3 is 0 Å². The fourth-order valence-electron chi connectivity index (χ4n) is 5.18. The molecule has 5 heteroatoms. The molecule has 1 aromatic rings. The molecule has 3 unspecified atom stereocenters. The maximum atomic E-state index is 12.7. The highest BCUT2D eigenvalue weighted by Gasteiger charge is 2.38. The van der Waals surface area contributed by atoms with Crippen LogP contribution in [0.15, 0.2) is 30.3 Å². The third-order valence-electron chi connectivity index (χ3n) is 6.90. The molecule has 2 N–H and O–H groups in total. The van der Waals surface area contributed by atoms with Crippen molar-refractivity contribution in [2.24, 2.45) is 5.92 Å². The molecule has 0 bridgehead atoms. The van der Waals surface area contributed by atoms with Crippen LogP contribution in [0.25, 0.3) is 0 Å². The van der Waals surface area contributed by atoms with E-state index in [9.17, 15) is 4.79 Å². The van der Waals surface area contributed by atoms with Gasteiger partial charge in [-0.1, -0.05) is 43.2 Å². The number of nitrogens with zero attached hydrogens (tertiary/aromatic N) is 2. The number of carbonyl (C=O) groups is 1. The first-order valence-corrected chi connectivity index (χ1v) is 10.7. The lowest BCUT2D eigenvalue weighted by Crippen LogP contribution is -2.47. The number of likely N-dealkylation sites (N-methyl/N-ethyl adjacent to an activating group) is 1. The van der Waals surface area contributed by atoms with Gasteiger partial charge in [0.1, 0.15) is 0 Å². The summed E-state index contributed by atoms with van der Waals surface area (Å²) in [5, 5.41) is 0. The Kier molecular flexibility index (Phi) is 6.11. The molecule has 3 atom stereocenters. The number of fused-ring (bicyclic) bond motifs is 1. The van der Waals surface area contributed by atoms with Crippen molar-refractivity contribution in [3.63, 3.8) is 0 Å². The van der Waals surface area contributed by atoms with E-state index in [0.29, 0.717) is 30.5 Å². The number of carbonyl (C=O) groups excluding carboxylic acids is 1. The number of likely N-dealkylation sites (tertiary alicyclic amines) is 1. The summed E-state index contributed by atoms with van der Waals surface area (Å²) in [5.74, 6) is 1.58. The Labute approximate surface area is 163 Å². The van der Waals surface area contributed by atoms with E-state index in [-0.39, 0.29) is 5.91 Å². The number of amides is 1. The number of hydrogen-bond donors (Lipinski definition) is 2. The molecule has 0 radical (unpaired) electrons. The Morgan fingerprint density at radius 3 is 2.59 bits per heavy atom. The van der Waals surface area contributed by atoms with Crippen LogP contribution in [0.3, 0.4) is 0 Å². The van der Waals surface area contributed by atoms with Crippen LogP contribution in [0.4, 0.5) is 0 Å². The van der Waals surface area contributed by atoms with Crippen molar-refractivity contribution >= 4 is 5.91 Å². The molecule has 2 heterocycles. The van der Waals surface area contributed by atoms with Gasteiger partial charge in [0.05, 0.1) is 6.54 Å². The second-order valence-electron chi connectivity index (χ2n) is 8.69. The van der Waals surface area contributed by atoms with Gasteiger partial charge in [-0.3, -0.25) is 20.5 Å². The maximum Gasteiger partial charge on any atom is 0.236 e. The van der Waals surface area contributed by atoms with Crippen LogP contribution < -0.4 is 10.9 Å². The SMILES string of the molecule is CN(CC1NNC2CCCCC21)C(=O)CN1CCC(c2ccccc2)CC1. The summed E-state index contributed by atoms with van der Waals surface area (Å²) in [6.07, 6.45) is 7.51. The van der Waals surface area contributed by atoms with E-state index in [1.54, 1.807) is 0 Å². The highest BCUT2D eigenvalue weighted by atomic mass is 16.2. The number of piperidine rings is 1. The third kappa shape index (κ3) is 4.53. The van der Waals surface area contributed by atoms with Gasteiger partial charge in [0.25, 0.3) is 0 Å². The van der Waals surface area contributed by atoms with Crippen LogP contribution in [0.1, 0.15) is 50.0 Å². The van der Waals surface area contributed by atoms with Gasteiger partial charge in [-0.25, -0.2) is 0 Å². The zero-order chi connectivity index (χ0) is 18.6. The molecule has 2 saturated heterocycles. The largest absolute Gasteiger partial charge is 0.343 e. The van der Waals surface area contributed by atoms with Crippen molar-refractivity contribution in [3.8, 4) is 0 Å². The highest BCUT2D eigenvalue weighted by Crippen LogP contribution is 2.30. The minimum atomic E-state index is 0.259. The van der Waals surface area contributed by atoms with Crippen molar-refractivity contribution in [3.05, 3.63) is 35.9 Å². The molecule has 1 amide bonds. The lowest BCUT2D eigenvalue weighted by molar-refractivity contribution is -0.131. The Bertz CT molecular complexity index is 614. The number of rotatable bonds is 5. The van der Waals surface area contributed by atoms with Crippen LogP contribution >= 0.6 is 0 Å². The van der Waals surface area contributed by atoms with E-state index in [1.807, 2.05) is 11.9 Å². The number of hydrogen-bond acceptors (Lipinski definition) is 4. The van der Waals surface area contributed by atoms with Crippen molar-refractivity contribution < 1.29 is 4.79 Å². The molecule has 1 aromatic carbocycles. The molecule has 2 aliphatic heterocycles. The van der Waals surface area contributed by atoms with Crippen molar-refractivity contribution in [1.29, 1.82) is 0 Å². The molecule has 0 spiro atoms. The lowest BCUT2D eigenvalue weighted by Gasteiger charge is -2.34. The molecule has 3 fully saturated rings. The quantitative estimate of drug-likeness (QED) is 0.835. The fraction of sp³-hybridized carbons (Fsp3) is 0.682. The van der Waals surface area contributed by atoms with Crippen molar-refractivity contribution in [2.45, 2.75) is 56.5 Å². The molecule has 5 nitrogen and oxygen atoms in total. The summed E-state index contributed by atoms with van der Waals surface area (Å²) in [4.78, 5) is 17.0. The van der Waals surface area contributed by atoms with Crippen LogP contribution in [0.5, 0.6) is 0 Å². The van der Waals surface area contributed by atoms with E-state index in [4.69, 9.17) is 0 Å². The third-order valence-corrected chi connectivity index (χ3v) is 6.90. The predicted octanol–water partition coefficient (Wildman–Crippen LogP) is 2.36. The smallest absolute Gasteiger partial charge is 0.236 e. The number of benzene rings is 1. The van der Waals surface area contributed by atoms with E-state index >= 15 is 0 Å². The first-order chi connectivity index (χ1) is 13.2. The normalized spacial score (nSPS) is 29.4. The van der Waals surface area contributed by atoms with Gasteiger partial charge in [0.15, 0.2) is 0 Å². The zero-order valence-electron chi connectivity index (χ0n) is 16.6. The average Bonchev–Trinajstić information content (AvgIpc) is 3.12. The maximum absolute atomic E-state index is 12.7. The number of nitrogens with one attached hydrogen (secondary N) is 2. The van der Waals surface area contributed by atoms with Crippen LogP contribution in [0.2, 0.25) is 0 Å². The van der Waals surface area contributed by atoms with E-state index in [1.165, 1.54) is 31.2 Å². The Balaban J connectivity index is 1.22. The van der Waals surface area contributed by atoms with E-state index < -0.39 is 0 Å². The summed E-state index contributed by atoms with van der Waals surface area (Å²) in [6.45, 7) is 3.42. The van der Waals surface area contributed by atoms with Gasteiger partial charge in [-0.15, -0.1) is 0 Å². The summed E-state index contributed by atoms with van der Waals surface area (Å²) >= 11 is 0. The predicted molar refractivity (Wildman–Crippen MR) is 108 cm³/mol. The van der Waals surface area contributed by atoms with Gasteiger partial charge in [0, 0.05) is 25.7 Å². The first-order valence-electron chi connectivity index (χ1n) is 10.7. The minimum Gasteiger partial charge on any atom is -0.343 e. The van der Waals surface area contributed by atoms with Gasteiger partial charge < -0.3 is 4.90 Å². The molecule has 1 aliphatic carbocycles. The standard InChI is InChI=1S/C22H34N4O/c1-25(15-21-19-9-5-6-10-20(19)23-24-21)22(27)16-26-13-11-18(12-14-26)17-7-3-2-4-8-17/h2-4,7-8,18-21,23-24H,5-6,9-16H2,1H3. The van der Waals surface area contributed by atoms with Crippen molar-refractivity contribution in [2.75, 3.05) is 33.2 Å². The second-order valence-corrected chi connectivity index (χ2v) is 8.69. The van der Waals surface area contributed by atoms with Gasteiger partial charge in [-0.05, 0) is 56.2 Å². The van der Waals surface area contributed by atoms with Crippen molar-refractivity contribution in [1.82, 2.24) is 20.7 Å².